The van der Waals surface area contributed by atoms with E-state index < -0.39 is 0 Å². The summed E-state index contributed by atoms with van der Waals surface area (Å²) in [7, 11) is 0. The van der Waals surface area contributed by atoms with Crippen LogP contribution in [0.25, 0.3) is 0 Å². The summed E-state index contributed by atoms with van der Waals surface area (Å²) >= 11 is 0. The maximum absolute atomic E-state index is 3.32. The van der Waals surface area contributed by atoms with Crippen LogP contribution in [0.5, 0.6) is 0 Å². The van der Waals surface area contributed by atoms with Gasteiger partial charge in [-0.05, 0) is 33.3 Å². The van der Waals surface area contributed by atoms with Crippen LogP contribution in [-0.2, 0) is 0 Å². The van der Waals surface area contributed by atoms with Gasteiger partial charge in [-0.3, -0.25) is 9.80 Å². The molecule has 2 rings (SSSR count). The summed E-state index contributed by atoms with van der Waals surface area (Å²) in [6.45, 7) is 17.5. The lowest BCUT2D eigenvalue weighted by molar-refractivity contribution is 0.0662. The first-order valence-corrected chi connectivity index (χ1v) is 6.82. The molecule has 0 unspecified atom stereocenters. The molecule has 2 aliphatic rings. The van der Waals surface area contributed by atoms with Crippen LogP contribution in [-0.4, -0.2) is 61.2 Å². The van der Waals surface area contributed by atoms with Crippen molar-refractivity contribution in [3.63, 3.8) is 0 Å². The van der Waals surface area contributed by atoms with Crippen LogP contribution in [0.2, 0.25) is 0 Å². The molecule has 0 atom stereocenters. The fraction of sp³-hybridized carbons (Fsp3) is 0.857. The maximum atomic E-state index is 3.32. The fourth-order valence-electron chi connectivity index (χ4n) is 2.58. The van der Waals surface area contributed by atoms with Crippen molar-refractivity contribution in [2.75, 3.05) is 45.8 Å². The van der Waals surface area contributed by atoms with Crippen molar-refractivity contribution < 1.29 is 0 Å². The molecule has 0 aliphatic carbocycles. The highest BCUT2D eigenvalue weighted by molar-refractivity contribution is 5.22. The van der Waals surface area contributed by atoms with Crippen LogP contribution in [0, 0.1) is 0 Å². The Kier molecular flexibility index (Phi) is 3.91. The van der Waals surface area contributed by atoms with Gasteiger partial charge in [0.05, 0.1) is 0 Å². The van der Waals surface area contributed by atoms with Gasteiger partial charge in [-0.2, -0.15) is 0 Å². The van der Waals surface area contributed by atoms with Gasteiger partial charge in [0.2, 0.25) is 0 Å². The van der Waals surface area contributed by atoms with E-state index in [1.165, 1.54) is 32.7 Å². The molecule has 3 heteroatoms. The van der Waals surface area contributed by atoms with Gasteiger partial charge in [-0.25, -0.2) is 0 Å². The molecule has 3 nitrogen and oxygen atoms in total. The summed E-state index contributed by atoms with van der Waals surface area (Å²) in [5.41, 5.74) is 3.55. The van der Waals surface area contributed by atoms with E-state index in [0.717, 1.165) is 13.1 Å². The van der Waals surface area contributed by atoms with Gasteiger partial charge >= 0.3 is 0 Å². The zero-order valence-electron chi connectivity index (χ0n) is 11.8. The van der Waals surface area contributed by atoms with Crippen LogP contribution in [0.4, 0.5) is 0 Å². The Morgan fingerprint density at radius 3 is 2.12 bits per heavy atom. The van der Waals surface area contributed by atoms with Gasteiger partial charge in [0.1, 0.15) is 0 Å². The first-order valence-electron chi connectivity index (χ1n) is 6.82. The predicted molar refractivity (Wildman–Crippen MR) is 73.3 cm³/mol. The Morgan fingerprint density at radius 2 is 1.71 bits per heavy atom. The average molecular weight is 237 g/mol. The van der Waals surface area contributed by atoms with Crippen molar-refractivity contribution >= 4 is 0 Å². The molecule has 2 fully saturated rings. The molecular formula is C14H27N3. The molecule has 17 heavy (non-hydrogen) atoms. The molecule has 2 saturated heterocycles. The molecule has 98 valence electrons. The van der Waals surface area contributed by atoms with Gasteiger partial charge in [-0.1, -0.05) is 5.57 Å². The second kappa shape index (κ2) is 5.09. The van der Waals surface area contributed by atoms with Gasteiger partial charge in [0.25, 0.3) is 0 Å². The van der Waals surface area contributed by atoms with E-state index in [2.05, 4.69) is 42.8 Å². The van der Waals surface area contributed by atoms with E-state index in [0.29, 0.717) is 5.54 Å². The summed E-state index contributed by atoms with van der Waals surface area (Å²) in [6, 6.07) is 0. The molecule has 2 heterocycles. The normalized spacial score (nSPS) is 23.6. The number of nitrogens with zero attached hydrogens (tertiary/aromatic N) is 2. The Labute approximate surface area is 106 Å². The predicted octanol–water partition coefficient (Wildman–Crippen LogP) is 1.32. The van der Waals surface area contributed by atoms with E-state index in [4.69, 9.17) is 0 Å². The monoisotopic (exact) mass is 237 g/mol. The summed E-state index contributed by atoms with van der Waals surface area (Å²) < 4.78 is 0. The molecule has 0 aromatic rings. The number of nitrogens with one attached hydrogen (secondary N) is 1. The summed E-state index contributed by atoms with van der Waals surface area (Å²) in [5.74, 6) is 0. The zero-order chi connectivity index (χ0) is 12.5. The Hall–Kier alpha value is -0.380. The minimum absolute atomic E-state index is 0.331. The Balaban J connectivity index is 1.79. The second-order valence-electron chi connectivity index (χ2n) is 6.42. The van der Waals surface area contributed by atoms with Crippen molar-refractivity contribution in [3.8, 4) is 0 Å². The van der Waals surface area contributed by atoms with Crippen LogP contribution in [0.3, 0.4) is 0 Å². The van der Waals surface area contributed by atoms with Gasteiger partial charge in [0.15, 0.2) is 0 Å². The first-order chi connectivity index (χ1) is 7.97. The molecule has 0 amide bonds. The highest BCUT2D eigenvalue weighted by atomic mass is 15.3. The molecule has 0 radical (unpaired) electrons. The average Bonchev–Trinajstić information content (AvgIpc) is 2.13. The quantitative estimate of drug-likeness (QED) is 0.731. The highest BCUT2D eigenvalue weighted by Gasteiger charge is 2.26. The third kappa shape index (κ3) is 3.30. The molecule has 1 N–H and O–H groups in total. The summed E-state index contributed by atoms with van der Waals surface area (Å²) in [6.07, 6.45) is 0. The minimum atomic E-state index is 0.331. The summed E-state index contributed by atoms with van der Waals surface area (Å²) in [5, 5.41) is 3.32. The van der Waals surface area contributed by atoms with Crippen LogP contribution in [0.15, 0.2) is 11.1 Å². The van der Waals surface area contributed by atoms with Crippen LogP contribution >= 0.6 is 0 Å². The minimum Gasteiger partial charge on any atom is -0.309 e. The summed E-state index contributed by atoms with van der Waals surface area (Å²) in [4.78, 5) is 5.19. The lowest BCUT2D eigenvalue weighted by atomic mass is 10.0. The maximum Gasteiger partial charge on any atom is 0.0194 e. The van der Waals surface area contributed by atoms with E-state index in [1.807, 2.05) is 0 Å². The third-order valence-electron chi connectivity index (χ3n) is 4.06. The Bertz CT molecular complexity index is 287. The molecule has 0 aromatic carbocycles. The zero-order valence-corrected chi connectivity index (χ0v) is 11.8. The smallest absolute Gasteiger partial charge is 0.0194 e. The van der Waals surface area contributed by atoms with Crippen molar-refractivity contribution in [2.24, 2.45) is 0 Å². The topological polar surface area (TPSA) is 18.5 Å². The molecule has 0 spiro atoms. The molecule has 2 aliphatic heterocycles. The fourth-order valence-corrected chi connectivity index (χ4v) is 2.58. The lowest BCUT2D eigenvalue weighted by Crippen LogP contribution is -2.53. The van der Waals surface area contributed by atoms with E-state index in [9.17, 15) is 0 Å². The molecular weight excluding hydrogens is 210 g/mol. The van der Waals surface area contributed by atoms with Gasteiger partial charge < -0.3 is 5.32 Å². The molecule has 0 bridgehead atoms. The van der Waals surface area contributed by atoms with Crippen molar-refractivity contribution in [3.05, 3.63) is 11.1 Å². The second-order valence-corrected chi connectivity index (χ2v) is 6.42. The van der Waals surface area contributed by atoms with Gasteiger partial charge in [0, 0.05) is 51.4 Å². The van der Waals surface area contributed by atoms with Crippen LogP contribution < -0.4 is 5.32 Å². The standard InChI is InChI=1S/C14H27N3/c1-12(13-9-15-10-13)11-16-5-7-17(8-6-16)14(2,3)4/h15H,5-11H2,1-4H3. The van der Waals surface area contributed by atoms with Gasteiger partial charge in [-0.15, -0.1) is 0 Å². The lowest BCUT2D eigenvalue weighted by Gasteiger charge is -2.42. The number of hydrogen-bond donors (Lipinski definition) is 1. The Morgan fingerprint density at radius 1 is 1.12 bits per heavy atom. The van der Waals surface area contributed by atoms with E-state index in [1.54, 1.807) is 11.1 Å². The first kappa shape index (κ1) is 13.1. The number of rotatable bonds is 2. The molecule has 0 saturated carbocycles. The van der Waals surface area contributed by atoms with E-state index >= 15 is 0 Å². The largest absolute Gasteiger partial charge is 0.309 e. The van der Waals surface area contributed by atoms with Crippen LogP contribution in [0.1, 0.15) is 27.7 Å². The number of piperazine rings is 1. The SMILES string of the molecule is CC(CN1CCN(C(C)(C)C)CC1)=C1CNC1. The highest BCUT2D eigenvalue weighted by Crippen LogP contribution is 2.17. The number of hydrogen-bond acceptors (Lipinski definition) is 3. The van der Waals surface area contributed by atoms with Crippen molar-refractivity contribution in [2.45, 2.75) is 33.2 Å². The van der Waals surface area contributed by atoms with Crippen molar-refractivity contribution in [1.29, 1.82) is 0 Å². The third-order valence-corrected chi connectivity index (χ3v) is 4.06. The van der Waals surface area contributed by atoms with E-state index in [-0.39, 0.29) is 0 Å². The molecule has 0 aromatic heterocycles. The van der Waals surface area contributed by atoms with Crippen molar-refractivity contribution in [1.82, 2.24) is 15.1 Å².